The van der Waals surface area contributed by atoms with Gasteiger partial charge in [0.2, 0.25) is 5.91 Å². The van der Waals surface area contributed by atoms with Crippen LogP contribution in [-0.2, 0) is 45.2 Å². The van der Waals surface area contributed by atoms with Crippen molar-refractivity contribution in [1.82, 2.24) is 15.5 Å². The first-order chi connectivity index (χ1) is 23.0. The van der Waals surface area contributed by atoms with Gasteiger partial charge in [0.05, 0.1) is 24.5 Å². The number of nitrogens with one attached hydrogen (secondary N) is 2. The van der Waals surface area contributed by atoms with Crippen molar-refractivity contribution in [2.24, 2.45) is 0 Å². The van der Waals surface area contributed by atoms with Crippen molar-refractivity contribution in [1.29, 1.82) is 0 Å². The van der Waals surface area contributed by atoms with Gasteiger partial charge in [0.1, 0.15) is 17.4 Å². The summed E-state index contributed by atoms with van der Waals surface area (Å²) in [6, 6.07) is 2.45. The maximum Gasteiger partial charge on any atom is 0.408 e. The fourth-order valence-electron chi connectivity index (χ4n) is 7.49. The number of rotatable bonds is 12. The van der Waals surface area contributed by atoms with Crippen LogP contribution in [0, 0.1) is 0 Å². The fraction of sp³-hybridized carbons (Fsp3) is 0.618. The maximum absolute atomic E-state index is 13.2. The first kappa shape index (κ1) is 35.9. The number of alkyl carbamates (subject to hydrolysis) is 1. The summed E-state index contributed by atoms with van der Waals surface area (Å²) in [5.74, 6) is -2.24. The Hall–Kier alpha value is -4.37. The predicted octanol–water partition coefficient (Wildman–Crippen LogP) is 1.71. The van der Waals surface area contributed by atoms with Crippen molar-refractivity contribution in [2.75, 3.05) is 27.2 Å². The molecule has 1 spiro atoms. The number of benzene rings is 1. The monoisotopic (exact) mass is 687 g/mol. The molecule has 2 bridgehead atoms. The molecule has 1 aromatic rings. The van der Waals surface area contributed by atoms with Gasteiger partial charge < -0.3 is 49.4 Å². The maximum atomic E-state index is 13.2. The van der Waals surface area contributed by atoms with Gasteiger partial charge in [-0.15, -0.1) is 0 Å². The van der Waals surface area contributed by atoms with Crippen LogP contribution in [0.2, 0.25) is 0 Å². The van der Waals surface area contributed by atoms with Crippen LogP contribution in [0.4, 0.5) is 4.79 Å². The summed E-state index contributed by atoms with van der Waals surface area (Å²) >= 11 is 0. The van der Waals surface area contributed by atoms with E-state index in [1.54, 1.807) is 34.0 Å². The summed E-state index contributed by atoms with van der Waals surface area (Å²) in [4.78, 5) is 64.0. The molecule has 2 unspecified atom stereocenters. The molecule has 0 radical (unpaired) electrons. The molecule has 4 aliphatic rings. The standard InChI is InChI=1S/C34H45N3O12/c1-18(46-25(40)12-15-35-29(41)20(8-10-24(38)39)36-31(43)49-32(2,3)4)30(42)47-22-11-13-34(44)23-17-19-7-9-21(45-6)27-26(19)33(34,28(22)48-27)14-16-37(23)5/h7,9,11,18,20,23,28,44H,8,10,12-17H2,1-6H3,(H,35,41)(H,36,43)(H,38,39)/t18?,20?,23-,28+,33+,34-/m1/s1. The van der Waals surface area contributed by atoms with E-state index in [2.05, 4.69) is 15.5 Å². The van der Waals surface area contributed by atoms with Gasteiger partial charge in [0.15, 0.2) is 23.7 Å². The number of amides is 2. The zero-order chi connectivity index (χ0) is 35.9. The summed E-state index contributed by atoms with van der Waals surface area (Å²) in [6.45, 7) is 6.77. The lowest BCUT2D eigenvalue weighted by Gasteiger charge is -2.61. The summed E-state index contributed by atoms with van der Waals surface area (Å²) in [6.07, 6.45) is -0.840. The highest BCUT2D eigenvalue weighted by Crippen LogP contribution is 2.65. The molecule has 4 N–H and O–H groups in total. The SMILES string of the molecule is COc1ccc2c3c1O[C@H]1C(OC(=O)C(C)OC(=O)CCNC(=O)C(CCC(=O)O)NC(=O)OC(C)(C)C)=CC[C@@]4(O)[C@@H](C2)N(C)CC[C@]314. The molecule has 2 heterocycles. The van der Waals surface area contributed by atoms with E-state index in [0.717, 1.165) is 11.1 Å². The third-order valence-corrected chi connectivity index (χ3v) is 9.70. The number of esters is 2. The molecule has 1 saturated heterocycles. The van der Waals surface area contributed by atoms with Crippen LogP contribution in [0.25, 0.3) is 0 Å². The molecule has 268 valence electrons. The Morgan fingerprint density at radius 1 is 1.16 bits per heavy atom. The van der Waals surface area contributed by atoms with Gasteiger partial charge in [-0.05, 0) is 78.3 Å². The molecule has 49 heavy (non-hydrogen) atoms. The molecular formula is C34H45N3O12. The number of methoxy groups -OCH3 is 1. The molecule has 15 heteroatoms. The van der Waals surface area contributed by atoms with E-state index in [-0.39, 0.29) is 37.6 Å². The summed E-state index contributed by atoms with van der Waals surface area (Å²) in [7, 11) is 3.54. The van der Waals surface area contributed by atoms with E-state index < -0.39 is 71.2 Å². The average molecular weight is 688 g/mol. The zero-order valence-corrected chi connectivity index (χ0v) is 28.6. The van der Waals surface area contributed by atoms with Crippen LogP contribution in [0.5, 0.6) is 11.5 Å². The Bertz CT molecular complexity index is 1550. The Kier molecular flexibility index (Phi) is 9.90. The Labute approximate surface area is 284 Å². The van der Waals surface area contributed by atoms with E-state index >= 15 is 0 Å². The Morgan fingerprint density at radius 2 is 1.90 bits per heavy atom. The molecule has 2 aliphatic heterocycles. The van der Waals surface area contributed by atoms with E-state index in [1.165, 1.54) is 6.92 Å². The molecule has 1 fully saturated rings. The number of hydrogen-bond acceptors (Lipinski definition) is 12. The second kappa shape index (κ2) is 13.5. The summed E-state index contributed by atoms with van der Waals surface area (Å²) in [5, 5.41) is 26.2. The average Bonchev–Trinajstić information content (AvgIpc) is 3.37. The number of piperidine rings is 1. The number of carbonyl (C=O) groups is 5. The predicted molar refractivity (Wildman–Crippen MR) is 171 cm³/mol. The Morgan fingerprint density at radius 3 is 2.57 bits per heavy atom. The first-order valence-corrected chi connectivity index (χ1v) is 16.4. The third-order valence-electron chi connectivity index (χ3n) is 9.70. The van der Waals surface area contributed by atoms with Gasteiger partial charge >= 0.3 is 24.0 Å². The Balaban J connectivity index is 1.19. The number of carbonyl (C=O) groups excluding carboxylic acids is 4. The minimum absolute atomic E-state index is 0.173. The van der Waals surface area contributed by atoms with Crippen molar-refractivity contribution >= 4 is 29.9 Å². The van der Waals surface area contributed by atoms with Gasteiger partial charge in [-0.25, -0.2) is 9.59 Å². The smallest absolute Gasteiger partial charge is 0.408 e. The van der Waals surface area contributed by atoms with Gasteiger partial charge in [-0.3, -0.25) is 14.4 Å². The first-order valence-electron chi connectivity index (χ1n) is 16.4. The number of likely N-dealkylation sites (N-methyl/N-ethyl adjacent to an activating group) is 1. The van der Waals surface area contributed by atoms with Crippen molar-refractivity contribution < 1.29 is 57.9 Å². The van der Waals surface area contributed by atoms with Gasteiger partial charge in [-0.1, -0.05) is 6.07 Å². The number of likely N-dealkylation sites (tertiary alicyclic amines) is 1. The minimum Gasteiger partial charge on any atom is -0.493 e. The molecular weight excluding hydrogens is 642 g/mol. The van der Waals surface area contributed by atoms with Crippen molar-refractivity contribution in [3.05, 3.63) is 35.1 Å². The molecule has 2 amide bonds. The largest absolute Gasteiger partial charge is 0.493 e. The number of carboxylic acids is 1. The van der Waals surface area contributed by atoms with E-state index in [4.69, 9.17) is 28.8 Å². The number of ether oxygens (including phenoxy) is 5. The summed E-state index contributed by atoms with van der Waals surface area (Å²) in [5.41, 5.74) is -0.949. The lowest BCUT2D eigenvalue weighted by molar-refractivity contribution is -0.175. The zero-order valence-electron chi connectivity index (χ0n) is 28.6. The number of aliphatic carboxylic acids is 1. The van der Waals surface area contributed by atoms with Crippen LogP contribution < -0.4 is 20.1 Å². The molecule has 2 aliphatic carbocycles. The van der Waals surface area contributed by atoms with Crippen LogP contribution in [0.15, 0.2) is 24.0 Å². The summed E-state index contributed by atoms with van der Waals surface area (Å²) < 4.78 is 28.4. The topological polar surface area (TPSA) is 199 Å². The van der Waals surface area contributed by atoms with E-state index in [0.29, 0.717) is 30.9 Å². The van der Waals surface area contributed by atoms with Crippen LogP contribution >= 0.6 is 0 Å². The third kappa shape index (κ3) is 6.78. The van der Waals surface area contributed by atoms with E-state index in [1.807, 2.05) is 19.2 Å². The molecule has 5 rings (SSSR count). The van der Waals surface area contributed by atoms with E-state index in [9.17, 15) is 29.1 Å². The number of hydrogen-bond donors (Lipinski definition) is 4. The highest BCUT2D eigenvalue weighted by Gasteiger charge is 2.72. The van der Waals surface area contributed by atoms with Crippen LogP contribution in [0.1, 0.15) is 70.9 Å². The van der Waals surface area contributed by atoms with Gasteiger partial charge in [0.25, 0.3) is 0 Å². The van der Waals surface area contributed by atoms with Crippen molar-refractivity contribution in [3.63, 3.8) is 0 Å². The number of carboxylic acid groups (broad SMARTS) is 1. The van der Waals surface area contributed by atoms with Crippen LogP contribution in [0.3, 0.4) is 0 Å². The second-order valence-corrected chi connectivity index (χ2v) is 14.0. The minimum atomic E-state index is -1.31. The number of aliphatic hydroxyl groups is 1. The van der Waals surface area contributed by atoms with Gasteiger partial charge in [-0.2, -0.15) is 0 Å². The second-order valence-electron chi connectivity index (χ2n) is 14.0. The highest BCUT2D eigenvalue weighted by atomic mass is 16.6. The molecule has 1 aromatic carbocycles. The quantitative estimate of drug-likeness (QED) is 0.183. The molecule has 0 aromatic heterocycles. The fourth-order valence-corrected chi connectivity index (χ4v) is 7.49. The van der Waals surface area contributed by atoms with Crippen molar-refractivity contribution in [2.45, 2.75) is 107 Å². The lowest BCUT2D eigenvalue weighted by Crippen LogP contribution is -2.74. The normalized spacial score (nSPS) is 26.1. The van der Waals surface area contributed by atoms with Crippen LogP contribution in [-0.4, -0.2) is 108 Å². The van der Waals surface area contributed by atoms with Crippen molar-refractivity contribution in [3.8, 4) is 11.5 Å². The number of nitrogens with zero attached hydrogens (tertiary/aromatic N) is 1. The van der Waals surface area contributed by atoms with Gasteiger partial charge in [0, 0.05) is 31.0 Å². The molecule has 6 atom stereocenters. The molecule has 0 saturated carbocycles. The highest BCUT2D eigenvalue weighted by molar-refractivity contribution is 5.86. The lowest BCUT2D eigenvalue weighted by atomic mass is 9.50. The molecule has 15 nitrogen and oxygen atoms in total.